The molecule has 0 fully saturated rings. The first kappa shape index (κ1) is 14.0. The van der Waals surface area contributed by atoms with Crippen molar-refractivity contribution < 1.29 is 19.5 Å². The summed E-state index contributed by atoms with van der Waals surface area (Å²) in [5.74, 6) is -1.52. The van der Waals surface area contributed by atoms with E-state index in [1.807, 2.05) is 38.1 Å². The van der Waals surface area contributed by atoms with E-state index >= 15 is 0 Å². The van der Waals surface area contributed by atoms with Crippen molar-refractivity contribution in [2.24, 2.45) is 5.16 Å². The molecular weight excluding hydrogens is 260 g/mol. The fraction of sp³-hybridized carbons (Fsp3) is 0.357. The van der Waals surface area contributed by atoms with E-state index < -0.39 is 12.1 Å². The molecule has 6 heteroatoms. The number of carbonyl (C=O) groups is 2. The summed E-state index contributed by atoms with van der Waals surface area (Å²) in [5, 5.41) is 15.0. The van der Waals surface area contributed by atoms with Gasteiger partial charge in [0.25, 0.3) is 5.91 Å². The Hall–Kier alpha value is -2.37. The van der Waals surface area contributed by atoms with Gasteiger partial charge >= 0.3 is 5.97 Å². The van der Waals surface area contributed by atoms with Gasteiger partial charge in [-0.1, -0.05) is 29.4 Å². The lowest BCUT2D eigenvalue weighted by molar-refractivity contribution is -0.132. The van der Waals surface area contributed by atoms with Crippen molar-refractivity contribution in [3.63, 3.8) is 0 Å². The molecule has 0 aliphatic carbocycles. The number of benzene rings is 1. The summed E-state index contributed by atoms with van der Waals surface area (Å²) < 4.78 is 0. The van der Waals surface area contributed by atoms with Crippen LogP contribution in [0.2, 0.25) is 0 Å². The predicted molar refractivity (Wildman–Crippen MR) is 72.3 cm³/mol. The third-order valence-electron chi connectivity index (χ3n) is 3.22. The Morgan fingerprint density at radius 2 is 2.15 bits per heavy atom. The minimum atomic E-state index is -1.16. The van der Waals surface area contributed by atoms with E-state index in [0.29, 0.717) is 0 Å². The van der Waals surface area contributed by atoms with E-state index in [1.54, 1.807) is 0 Å². The zero-order valence-electron chi connectivity index (χ0n) is 11.3. The van der Waals surface area contributed by atoms with Crippen LogP contribution >= 0.6 is 0 Å². The van der Waals surface area contributed by atoms with Crippen LogP contribution in [0, 0.1) is 6.92 Å². The number of rotatable bonds is 4. The Bertz CT molecular complexity index is 568. The average Bonchev–Trinajstić information content (AvgIpc) is 2.88. The Balaban J connectivity index is 1.96. The Morgan fingerprint density at radius 3 is 2.75 bits per heavy atom. The number of nitrogens with one attached hydrogen (secondary N) is 1. The van der Waals surface area contributed by atoms with Crippen LogP contribution in [0.5, 0.6) is 0 Å². The maximum Gasteiger partial charge on any atom is 0.353 e. The third-order valence-corrected chi connectivity index (χ3v) is 3.22. The summed E-state index contributed by atoms with van der Waals surface area (Å²) >= 11 is 0. The number of amides is 1. The van der Waals surface area contributed by atoms with E-state index in [0.717, 1.165) is 11.1 Å². The molecule has 1 aromatic carbocycles. The minimum Gasteiger partial charge on any atom is -0.477 e. The minimum absolute atomic E-state index is 0.0122. The molecule has 1 heterocycles. The molecular formula is C14H16N2O4. The van der Waals surface area contributed by atoms with Crippen LogP contribution < -0.4 is 5.32 Å². The van der Waals surface area contributed by atoms with Gasteiger partial charge in [-0.05, 0) is 25.0 Å². The molecule has 1 amide bonds. The van der Waals surface area contributed by atoms with Gasteiger partial charge in [0.2, 0.25) is 6.10 Å². The van der Waals surface area contributed by atoms with E-state index in [-0.39, 0.29) is 24.1 Å². The molecule has 2 unspecified atom stereocenters. The standard InChI is InChI=1S/C14H16N2O4/c1-8-5-3-4-6-10(8)9(2)15-13(17)12-7-11(14(18)19)16-20-12/h3-6,9,12H,7H2,1-2H3,(H,15,17)(H,18,19). The van der Waals surface area contributed by atoms with E-state index in [9.17, 15) is 9.59 Å². The lowest BCUT2D eigenvalue weighted by Gasteiger charge is -2.18. The van der Waals surface area contributed by atoms with Gasteiger partial charge in [0.1, 0.15) is 0 Å². The number of aliphatic carboxylic acids is 1. The van der Waals surface area contributed by atoms with Crippen LogP contribution in [0.3, 0.4) is 0 Å². The number of carbonyl (C=O) groups excluding carboxylic acids is 1. The van der Waals surface area contributed by atoms with Crippen molar-refractivity contribution in [2.75, 3.05) is 0 Å². The molecule has 106 valence electrons. The topological polar surface area (TPSA) is 88.0 Å². The van der Waals surface area contributed by atoms with Crippen LogP contribution in [-0.2, 0) is 14.4 Å². The van der Waals surface area contributed by atoms with Gasteiger partial charge in [-0.2, -0.15) is 0 Å². The second kappa shape index (κ2) is 5.73. The molecule has 0 saturated heterocycles. The molecule has 2 rings (SSSR count). The van der Waals surface area contributed by atoms with Gasteiger partial charge in [0.15, 0.2) is 5.71 Å². The van der Waals surface area contributed by atoms with Gasteiger partial charge in [-0.25, -0.2) is 4.79 Å². The molecule has 0 radical (unpaired) electrons. The second-order valence-corrected chi connectivity index (χ2v) is 4.73. The molecule has 6 nitrogen and oxygen atoms in total. The molecule has 0 aromatic heterocycles. The van der Waals surface area contributed by atoms with Crippen molar-refractivity contribution in [3.8, 4) is 0 Å². The van der Waals surface area contributed by atoms with Crippen molar-refractivity contribution in [2.45, 2.75) is 32.4 Å². The smallest absolute Gasteiger partial charge is 0.353 e. The molecule has 0 spiro atoms. The zero-order valence-corrected chi connectivity index (χ0v) is 11.3. The number of aryl methyl sites for hydroxylation is 1. The number of hydrogen-bond acceptors (Lipinski definition) is 4. The molecule has 1 aromatic rings. The molecule has 2 N–H and O–H groups in total. The molecule has 0 saturated carbocycles. The number of carboxylic acids is 1. The van der Waals surface area contributed by atoms with Crippen LogP contribution in [0.4, 0.5) is 0 Å². The van der Waals surface area contributed by atoms with Crippen molar-refractivity contribution in [3.05, 3.63) is 35.4 Å². The first-order chi connectivity index (χ1) is 9.49. The Kier molecular flexibility index (Phi) is 4.02. The summed E-state index contributed by atoms with van der Waals surface area (Å²) in [4.78, 5) is 27.6. The number of oxime groups is 1. The summed E-state index contributed by atoms with van der Waals surface area (Å²) in [6.45, 7) is 3.84. The number of carboxylic acid groups (broad SMARTS) is 1. The van der Waals surface area contributed by atoms with Crippen molar-refractivity contribution in [1.29, 1.82) is 0 Å². The van der Waals surface area contributed by atoms with Crippen molar-refractivity contribution in [1.82, 2.24) is 5.32 Å². The fourth-order valence-corrected chi connectivity index (χ4v) is 2.10. The predicted octanol–water partition coefficient (Wildman–Crippen LogP) is 1.40. The van der Waals surface area contributed by atoms with E-state index in [1.165, 1.54) is 0 Å². The summed E-state index contributed by atoms with van der Waals surface area (Å²) in [5.41, 5.74) is 1.96. The maximum absolute atomic E-state index is 12.0. The third kappa shape index (κ3) is 2.96. The lowest BCUT2D eigenvalue weighted by Crippen LogP contribution is -2.37. The first-order valence-electron chi connectivity index (χ1n) is 6.31. The van der Waals surface area contributed by atoms with Gasteiger partial charge < -0.3 is 15.3 Å². The quantitative estimate of drug-likeness (QED) is 0.870. The fourth-order valence-electron chi connectivity index (χ4n) is 2.10. The first-order valence-corrected chi connectivity index (χ1v) is 6.31. The lowest BCUT2D eigenvalue weighted by atomic mass is 10.0. The zero-order chi connectivity index (χ0) is 14.7. The average molecular weight is 276 g/mol. The molecule has 1 aliphatic rings. The summed E-state index contributed by atoms with van der Waals surface area (Å²) in [6, 6.07) is 7.56. The molecule has 2 atom stereocenters. The Morgan fingerprint density at radius 1 is 1.45 bits per heavy atom. The Labute approximate surface area is 116 Å². The van der Waals surface area contributed by atoms with Gasteiger partial charge in [-0.3, -0.25) is 4.79 Å². The number of nitrogens with zero attached hydrogens (tertiary/aromatic N) is 1. The van der Waals surface area contributed by atoms with E-state index in [2.05, 4.69) is 10.5 Å². The molecule has 1 aliphatic heterocycles. The highest BCUT2D eigenvalue weighted by molar-refractivity contribution is 6.36. The van der Waals surface area contributed by atoms with Gasteiger partial charge in [0, 0.05) is 6.42 Å². The normalized spacial score (nSPS) is 18.9. The largest absolute Gasteiger partial charge is 0.477 e. The highest BCUT2D eigenvalue weighted by Crippen LogP contribution is 2.18. The SMILES string of the molecule is Cc1ccccc1C(C)NC(=O)C1CC(C(=O)O)=NO1. The van der Waals surface area contributed by atoms with Crippen LogP contribution in [0.25, 0.3) is 0 Å². The number of hydrogen-bond donors (Lipinski definition) is 2. The monoisotopic (exact) mass is 276 g/mol. The van der Waals surface area contributed by atoms with E-state index in [4.69, 9.17) is 9.94 Å². The van der Waals surface area contributed by atoms with Crippen LogP contribution in [-0.4, -0.2) is 28.8 Å². The van der Waals surface area contributed by atoms with Crippen LogP contribution in [0.1, 0.15) is 30.5 Å². The van der Waals surface area contributed by atoms with Crippen LogP contribution in [0.15, 0.2) is 29.4 Å². The van der Waals surface area contributed by atoms with Gasteiger partial charge in [0.05, 0.1) is 6.04 Å². The van der Waals surface area contributed by atoms with Gasteiger partial charge in [-0.15, -0.1) is 0 Å². The summed E-state index contributed by atoms with van der Waals surface area (Å²) in [7, 11) is 0. The highest BCUT2D eigenvalue weighted by atomic mass is 16.6. The second-order valence-electron chi connectivity index (χ2n) is 4.73. The van der Waals surface area contributed by atoms with Crippen molar-refractivity contribution >= 4 is 17.6 Å². The molecule has 20 heavy (non-hydrogen) atoms. The highest BCUT2D eigenvalue weighted by Gasteiger charge is 2.32. The summed E-state index contributed by atoms with van der Waals surface area (Å²) in [6.07, 6.45) is -0.880. The molecule has 0 bridgehead atoms. The maximum atomic E-state index is 12.0.